The summed E-state index contributed by atoms with van der Waals surface area (Å²) in [5, 5.41) is 3.09. The molecule has 0 bridgehead atoms. The summed E-state index contributed by atoms with van der Waals surface area (Å²) >= 11 is 0. The number of sulfonamides is 1. The van der Waals surface area contributed by atoms with Gasteiger partial charge in [0.2, 0.25) is 15.9 Å². The maximum absolute atomic E-state index is 12.5. The molecule has 0 aromatic heterocycles. The highest BCUT2D eigenvalue weighted by atomic mass is 32.2. The Morgan fingerprint density at radius 3 is 2.21 bits per heavy atom. The molecule has 1 amide bonds. The molecule has 1 aliphatic rings. The largest absolute Gasteiger partial charge is 0.349 e. The topological polar surface area (TPSA) is 66.5 Å². The van der Waals surface area contributed by atoms with E-state index in [-0.39, 0.29) is 24.1 Å². The van der Waals surface area contributed by atoms with Gasteiger partial charge in [0.1, 0.15) is 0 Å². The molecule has 1 aliphatic heterocycles. The van der Waals surface area contributed by atoms with Gasteiger partial charge in [-0.1, -0.05) is 60.7 Å². The van der Waals surface area contributed by atoms with Crippen molar-refractivity contribution in [2.24, 2.45) is 0 Å². The van der Waals surface area contributed by atoms with Crippen LogP contribution in [0.3, 0.4) is 0 Å². The van der Waals surface area contributed by atoms with Crippen LogP contribution in [0.4, 0.5) is 0 Å². The fourth-order valence-electron chi connectivity index (χ4n) is 3.56. The molecule has 6 heteroatoms. The van der Waals surface area contributed by atoms with Crippen LogP contribution in [0, 0.1) is 0 Å². The third-order valence-corrected chi connectivity index (χ3v) is 7.04. The summed E-state index contributed by atoms with van der Waals surface area (Å²) in [7, 11) is -3.23. The van der Waals surface area contributed by atoms with Gasteiger partial charge in [-0.2, -0.15) is 0 Å². The molecule has 0 spiro atoms. The smallest absolute Gasteiger partial charge is 0.220 e. The Morgan fingerprint density at radius 2 is 1.57 bits per heavy atom. The lowest BCUT2D eigenvalue weighted by Crippen LogP contribution is -2.32. The summed E-state index contributed by atoms with van der Waals surface area (Å²) in [6, 6.07) is 19.8. The van der Waals surface area contributed by atoms with Crippen molar-refractivity contribution in [1.29, 1.82) is 0 Å². The minimum atomic E-state index is -3.23. The Bertz CT molecular complexity index is 848. The van der Waals surface area contributed by atoms with Gasteiger partial charge in [0.15, 0.2) is 0 Å². The van der Waals surface area contributed by atoms with Crippen molar-refractivity contribution < 1.29 is 13.2 Å². The first kappa shape index (κ1) is 20.6. The van der Waals surface area contributed by atoms with Crippen molar-refractivity contribution in [3.8, 4) is 0 Å². The lowest BCUT2D eigenvalue weighted by molar-refractivity contribution is -0.121. The fraction of sp³-hybridized carbons (Fsp3) is 0.409. The Hall–Kier alpha value is -2.18. The summed E-state index contributed by atoms with van der Waals surface area (Å²) in [6.07, 6.45) is 3.11. The summed E-state index contributed by atoms with van der Waals surface area (Å²) in [5.74, 6) is -0.0730. The second kappa shape index (κ2) is 9.85. The zero-order valence-corrected chi connectivity index (χ0v) is 16.9. The number of nitrogens with zero attached hydrogens (tertiary/aromatic N) is 1. The first-order chi connectivity index (χ1) is 13.5. The summed E-state index contributed by atoms with van der Waals surface area (Å²) in [5.41, 5.74) is 2.19. The van der Waals surface area contributed by atoms with Crippen molar-refractivity contribution in [3.63, 3.8) is 0 Å². The van der Waals surface area contributed by atoms with Gasteiger partial charge in [-0.3, -0.25) is 4.79 Å². The van der Waals surface area contributed by atoms with Crippen LogP contribution in [-0.4, -0.2) is 37.5 Å². The third kappa shape index (κ3) is 5.91. The first-order valence-electron chi connectivity index (χ1n) is 9.91. The molecular weight excluding hydrogens is 372 g/mol. The molecular formula is C22H28N2O3S. The van der Waals surface area contributed by atoms with Crippen molar-refractivity contribution in [3.05, 3.63) is 71.8 Å². The number of hydrogen-bond donors (Lipinski definition) is 1. The van der Waals surface area contributed by atoms with Gasteiger partial charge >= 0.3 is 0 Å². The molecule has 1 heterocycles. The summed E-state index contributed by atoms with van der Waals surface area (Å²) < 4.78 is 26.1. The minimum Gasteiger partial charge on any atom is -0.349 e. The van der Waals surface area contributed by atoms with Crippen LogP contribution < -0.4 is 5.32 Å². The predicted molar refractivity (Wildman–Crippen MR) is 111 cm³/mol. The van der Waals surface area contributed by atoms with E-state index in [0.717, 1.165) is 24.0 Å². The van der Waals surface area contributed by atoms with Gasteiger partial charge in [-0.25, -0.2) is 12.7 Å². The maximum atomic E-state index is 12.5. The van der Waals surface area contributed by atoms with Gasteiger partial charge < -0.3 is 5.32 Å². The van der Waals surface area contributed by atoms with Crippen molar-refractivity contribution >= 4 is 15.9 Å². The Balaban J connectivity index is 1.56. The molecule has 1 fully saturated rings. The second-order valence-electron chi connectivity index (χ2n) is 7.25. The molecule has 1 atom stereocenters. The first-order valence-corrected chi connectivity index (χ1v) is 11.5. The predicted octanol–water partition coefficient (Wildman–Crippen LogP) is 3.29. The van der Waals surface area contributed by atoms with E-state index in [1.54, 1.807) is 4.31 Å². The Morgan fingerprint density at radius 1 is 0.964 bits per heavy atom. The number of hydrogen-bond acceptors (Lipinski definition) is 3. The van der Waals surface area contributed by atoms with E-state index in [2.05, 4.69) is 5.32 Å². The highest BCUT2D eigenvalue weighted by Gasteiger charge is 2.25. The number of carbonyl (C=O) groups excluding carboxylic acids is 1. The van der Waals surface area contributed by atoms with Gasteiger partial charge in [0.25, 0.3) is 0 Å². The third-order valence-electron chi connectivity index (χ3n) is 5.08. The Kier molecular flexibility index (Phi) is 7.23. The van der Waals surface area contributed by atoms with Crippen LogP contribution in [0.2, 0.25) is 0 Å². The van der Waals surface area contributed by atoms with E-state index in [0.29, 0.717) is 25.9 Å². The average molecular weight is 401 g/mol. The van der Waals surface area contributed by atoms with Crippen LogP contribution in [0.5, 0.6) is 0 Å². The fourth-order valence-corrected chi connectivity index (χ4v) is 5.15. The van der Waals surface area contributed by atoms with Crippen molar-refractivity contribution in [1.82, 2.24) is 9.62 Å². The van der Waals surface area contributed by atoms with Crippen LogP contribution in [0.1, 0.15) is 42.9 Å². The lowest BCUT2D eigenvalue weighted by Gasteiger charge is -2.20. The number of nitrogens with one attached hydrogen (secondary N) is 1. The van der Waals surface area contributed by atoms with Crippen LogP contribution in [0.25, 0.3) is 0 Å². The highest BCUT2D eigenvalue weighted by Crippen LogP contribution is 2.19. The molecule has 1 saturated heterocycles. The standard InChI is InChI=1S/C22H28N2O3S/c25-22(14-9-17-28(26,27)24-15-7-8-16-24)23-21(20-12-5-2-6-13-20)18-19-10-3-1-4-11-19/h1-6,10-13,21H,7-9,14-18H2,(H,23,25). The van der Waals surface area contributed by atoms with Gasteiger partial charge in [-0.05, 0) is 36.8 Å². The van der Waals surface area contributed by atoms with Crippen molar-refractivity contribution in [2.45, 2.75) is 38.1 Å². The Labute approximate surface area is 167 Å². The van der Waals surface area contributed by atoms with E-state index in [9.17, 15) is 13.2 Å². The quantitative estimate of drug-likeness (QED) is 0.702. The van der Waals surface area contributed by atoms with Crippen LogP contribution in [0.15, 0.2) is 60.7 Å². The normalized spacial score (nSPS) is 16.0. The van der Waals surface area contributed by atoms with E-state index in [4.69, 9.17) is 0 Å². The van der Waals surface area contributed by atoms with E-state index in [1.807, 2.05) is 60.7 Å². The number of rotatable bonds is 9. The monoisotopic (exact) mass is 400 g/mol. The molecule has 28 heavy (non-hydrogen) atoms. The second-order valence-corrected chi connectivity index (χ2v) is 9.33. The molecule has 0 saturated carbocycles. The summed E-state index contributed by atoms with van der Waals surface area (Å²) in [4.78, 5) is 12.5. The molecule has 1 N–H and O–H groups in total. The molecule has 2 aromatic carbocycles. The van der Waals surface area contributed by atoms with Gasteiger partial charge in [0, 0.05) is 19.5 Å². The highest BCUT2D eigenvalue weighted by molar-refractivity contribution is 7.89. The van der Waals surface area contributed by atoms with Crippen molar-refractivity contribution in [2.75, 3.05) is 18.8 Å². The molecule has 0 aliphatic carbocycles. The molecule has 1 unspecified atom stereocenters. The van der Waals surface area contributed by atoms with E-state index >= 15 is 0 Å². The zero-order valence-electron chi connectivity index (χ0n) is 16.1. The average Bonchev–Trinajstić information content (AvgIpc) is 3.25. The lowest BCUT2D eigenvalue weighted by atomic mass is 9.98. The summed E-state index contributed by atoms with van der Waals surface area (Å²) in [6.45, 7) is 1.23. The van der Waals surface area contributed by atoms with Gasteiger partial charge in [-0.15, -0.1) is 0 Å². The number of benzene rings is 2. The van der Waals surface area contributed by atoms with Crippen LogP contribution in [-0.2, 0) is 21.2 Å². The van der Waals surface area contributed by atoms with E-state index < -0.39 is 10.0 Å². The number of carbonyl (C=O) groups is 1. The number of amides is 1. The van der Waals surface area contributed by atoms with Crippen LogP contribution >= 0.6 is 0 Å². The molecule has 2 aromatic rings. The molecule has 5 nitrogen and oxygen atoms in total. The SMILES string of the molecule is O=C(CCCS(=O)(=O)N1CCCC1)NC(Cc1ccccc1)c1ccccc1. The zero-order chi connectivity index (χ0) is 19.8. The maximum Gasteiger partial charge on any atom is 0.220 e. The van der Waals surface area contributed by atoms with Gasteiger partial charge in [0.05, 0.1) is 11.8 Å². The molecule has 3 rings (SSSR count). The van der Waals surface area contributed by atoms with E-state index in [1.165, 1.54) is 0 Å². The molecule has 150 valence electrons. The molecule has 0 radical (unpaired) electrons. The minimum absolute atomic E-state index is 0.0368.